The number of hydrogen-bond acceptors (Lipinski definition) is 3. The number of hydrogen-bond donors (Lipinski definition) is 2. The zero-order chi connectivity index (χ0) is 13.0. The van der Waals surface area contributed by atoms with E-state index in [2.05, 4.69) is 10.00 Å². The van der Waals surface area contributed by atoms with Gasteiger partial charge in [-0.2, -0.15) is 5.10 Å². The minimum atomic E-state index is 0.211. The summed E-state index contributed by atoms with van der Waals surface area (Å²) in [5.74, 6) is 0.211. The maximum atomic E-state index is 7.20. The maximum Gasteiger partial charge on any atom is 0.0918 e. The molecular weight excluding hydrogens is 238 g/mol. The second kappa shape index (κ2) is 6.02. The first kappa shape index (κ1) is 14.0. The van der Waals surface area contributed by atoms with E-state index in [0.29, 0.717) is 6.42 Å². The van der Waals surface area contributed by atoms with Crippen LogP contribution in [-0.4, -0.2) is 34.1 Å². The van der Waals surface area contributed by atoms with Crippen LogP contribution in [0.25, 0.3) is 0 Å². The Hall–Kier alpha value is -1.07. The molecule has 0 fully saturated rings. The molecule has 0 aromatic carbocycles. The minimum Gasteiger partial charge on any atom is -0.388 e. The predicted molar refractivity (Wildman–Crippen MR) is 70.5 cm³/mol. The molecule has 0 saturated carbocycles. The summed E-state index contributed by atoms with van der Waals surface area (Å²) in [6.07, 6.45) is 0.577. The van der Waals surface area contributed by atoms with Crippen molar-refractivity contribution in [3.05, 3.63) is 16.4 Å². The van der Waals surface area contributed by atoms with Crippen molar-refractivity contribution in [2.24, 2.45) is 5.73 Å². The molecular formula is C11H20ClN5. The van der Waals surface area contributed by atoms with E-state index in [9.17, 15) is 0 Å². The summed E-state index contributed by atoms with van der Waals surface area (Å²) in [6, 6.07) is 0. The van der Waals surface area contributed by atoms with Crippen molar-refractivity contribution in [2.45, 2.75) is 33.4 Å². The van der Waals surface area contributed by atoms with Gasteiger partial charge >= 0.3 is 0 Å². The molecule has 1 heterocycles. The van der Waals surface area contributed by atoms with E-state index >= 15 is 0 Å². The Balaban J connectivity index is 2.70. The molecule has 0 unspecified atom stereocenters. The number of nitrogens with zero attached hydrogens (tertiary/aromatic N) is 3. The van der Waals surface area contributed by atoms with Crippen molar-refractivity contribution in [1.29, 1.82) is 5.41 Å². The SMILES string of the molecule is CCn1nc(C)c(Cl)c1CN(C)CCC(=N)N. The van der Waals surface area contributed by atoms with E-state index in [4.69, 9.17) is 22.7 Å². The first-order valence-electron chi connectivity index (χ1n) is 5.68. The Morgan fingerprint density at radius 2 is 2.24 bits per heavy atom. The number of amidine groups is 1. The Morgan fingerprint density at radius 1 is 1.59 bits per heavy atom. The van der Waals surface area contributed by atoms with Crippen molar-refractivity contribution < 1.29 is 0 Å². The molecule has 1 aromatic rings. The summed E-state index contributed by atoms with van der Waals surface area (Å²) in [4.78, 5) is 2.09. The van der Waals surface area contributed by atoms with Crippen LogP contribution >= 0.6 is 11.6 Å². The van der Waals surface area contributed by atoms with E-state index in [1.807, 2.05) is 25.6 Å². The van der Waals surface area contributed by atoms with Gasteiger partial charge in [-0.1, -0.05) is 11.6 Å². The molecule has 0 radical (unpaired) electrons. The molecule has 0 spiro atoms. The molecule has 0 saturated heterocycles. The van der Waals surface area contributed by atoms with E-state index < -0.39 is 0 Å². The second-order valence-corrected chi connectivity index (χ2v) is 4.55. The zero-order valence-electron chi connectivity index (χ0n) is 10.6. The van der Waals surface area contributed by atoms with Crippen molar-refractivity contribution in [1.82, 2.24) is 14.7 Å². The van der Waals surface area contributed by atoms with Crippen molar-refractivity contribution in [3.63, 3.8) is 0 Å². The lowest BCUT2D eigenvalue weighted by Gasteiger charge is -2.17. The molecule has 17 heavy (non-hydrogen) atoms. The van der Waals surface area contributed by atoms with Crippen molar-refractivity contribution in [3.8, 4) is 0 Å². The van der Waals surface area contributed by atoms with E-state index in [1.54, 1.807) is 0 Å². The van der Waals surface area contributed by atoms with Gasteiger partial charge in [0.05, 0.1) is 22.2 Å². The van der Waals surface area contributed by atoms with E-state index in [-0.39, 0.29) is 5.84 Å². The van der Waals surface area contributed by atoms with Crippen LogP contribution in [0.4, 0.5) is 0 Å². The largest absolute Gasteiger partial charge is 0.388 e. The molecule has 0 aliphatic rings. The van der Waals surface area contributed by atoms with Gasteiger partial charge in [-0.05, 0) is 20.9 Å². The predicted octanol–water partition coefficient (Wildman–Crippen LogP) is 1.62. The normalized spacial score (nSPS) is 11.1. The summed E-state index contributed by atoms with van der Waals surface area (Å²) in [6.45, 7) is 6.24. The minimum absolute atomic E-state index is 0.211. The lowest BCUT2D eigenvalue weighted by atomic mass is 10.3. The molecule has 96 valence electrons. The Morgan fingerprint density at radius 3 is 2.76 bits per heavy atom. The van der Waals surface area contributed by atoms with Crippen molar-refractivity contribution in [2.75, 3.05) is 13.6 Å². The summed E-state index contributed by atoms with van der Waals surface area (Å²) in [7, 11) is 1.99. The number of aryl methyl sites for hydroxylation is 2. The molecule has 0 bridgehead atoms. The van der Waals surface area contributed by atoms with Crippen LogP contribution in [0.15, 0.2) is 0 Å². The lowest BCUT2D eigenvalue weighted by Crippen LogP contribution is -2.25. The maximum absolute atomic E-state index is 7.20. The van der Waals surface area contributed by atoms with Crippen LogP contribution in [0, 0.1) is 12.3 Å². The fraction of sp³-hybridized carbons (Fsp3) is 0.636. The van der Waals surface area contributed by atoms with Crippen LogP contribution in [0.1, 0.15) is 24.7 Å². The highest BCUT2D eigenvalue weighted by Crippen LogP contribution is 2.21. The number of nitrogens with two attached hydrogens (primary N) is 1. The third-order valence-electron chi connectivity index (χ3n) is 2.64. The standard InChI is InChI=1S/C11H20ClN5/c1-4-17-9(11(12)8(2)15-17)7-16(3)6-5-10(13)14/h4-7H2,1-3H3,(H3,13,14). The van der Waals surface area contributed by atoms with Gasteiger partial charge in [0.2, 0.25) is 0 Å². The topological polar surface area (TPSA) is 70.9 Å². The van der Waals surface area contributed by atoms with E-state index in [0.717, 1.165) is 36.0 Å². The van der Waals surface area contributed by atoms with E-state index in [1.165, 1.54) is 0 Å². The van der Waals surface area contributed by atoms with Crippen LogP contribution in [-0.2, 0) is 13.1 Å². The lowest BCUT2D eigenvalue weighted by molar-refractivity contribution is 0.324. The number of halogens is 1. The highest BCUT2D eigenvalue weighted by molar-refractivity contribution is 6.31. The third kappa shape index (κ3) is 3.71. The number of aromatic nitrogens is 2. The molecule has 1 rings (SSSR count). The Bertz CT molecular complexity index is 399. The van der Waals surface area contributed by atoms with Crippen LogP contribution < -0.4 is 5.73 Å². The average Bonchev–Trinajstić information content (AvgIpc) is 2.54. The van der Waals surface area contributed by atoms with Gasteiger partial charge in [0.1, 0.15) is 0 Å². The molecule has 0 aliphatic carbocycles. The second-order valence-electron chi connectivity index (χ2n) is 4.17. The summed E-state index contributed by atoms with van der Waals surface area (Å²) < 4.78 is 1.92. The van der Waals surface area contributed by atoms with Gasteiger partial charge in [0.25, 0.3) is 0 Å². The van der Waals surface area contributed by atoms with Gasteiger partial charge in [-0.25, -0.2) is 0 Å². The molecule has 0 atom stereocenters. The summed E-state index contributed by atoms with van der Waals surface area (Å²) in [5.41, 5.74) is 7.23. The molecule has 6 heteroatoms. The van der Waals surface area contributed by atoms with Gasteiger partial charge in [-0.15, -0.1) is 0 Å². The van der Waals surface area contributed by atoms with Gasteiger partial charge in [0, 0.05) is 26.1 Å². The smallest absolute Gasteiger partial charge is 0.0918 e. The number of rotatable bonds is 6. The first-order chi connectivity index (χ1) is 7.95. The zero-order valence-corrected chi connectivity index (χ0v) is 11.4. The van der Waals surface area contributed by atoms with Crippen LogP contribution in [0.2, 0.25) is 5.02 Å². The van der Waals surface area contributed by atoms with Gasteiger partial charge in [-0.3, -0.25) is 10.1 Å². The number of nitrogens with one attached hydrogen (secondary N) is 1. The fourth-order valence-electron chi connectivity index (χ4n) is 1.67. The van der Waals surface area contributed by atoms with Gasteiger partial charge in [0.15, 0.2) is 0 Å². The summed E-state index contributed by atoms with van der Waals surface area (Å²) in [5, 5.41) is 12.3. The fourth-order valence-corrected chi connectivity index (χ4v) is 1.86. The highest BCUT2D eigenvalue weighted by atomic mass is 35.5. The Labute approximate surface area is 107 Å². The monoisotopic (exact) mass is 257 g/mol. The van der Waals surface area contributed by atoms with Gasteiger partial charge < -0.3 is 10.6 Å². The molecule has 5 nitrogen and oxygen atoms in total. The van der Waals surface area contributed by atoms with Crippen LogP contribution in [0.5, 0.6) is 0 Å². The quantitative estimate of drug-likeness (QED) is 0.601. The molecule has 0 aliphatic heterocycles. The average molecular weight is 258 g/mol. The molecule has 1 aromatic heterocycles. The molecule has 3 N–H and O–H groups in total. The molecule has 0 amide bonds. The third-order valence-corrected chi connectivity index (χ3v) is 3.13. The van der Waals surface area contributed by atoms with Crippen molar-refractivity contribution >= 4 is 17.4 Å². The summed E-state index contributed by atoms with van der Waals surface area (Å²) >= 11 is 6.22. The first-order valence-corrected chi connectivity index (χ1v) is 6.06. The van der Waals surface area contributed by atoms with Crippen LogP contribution in [0.3, 0.4) is 0 Å². The Kier molecular flexibility index (Phi) is 4.96. The highest BCUT2D eigenvalue weighted by Gasteiger charge is 2.14.